The summed E-state index contributed by atoms with van der Waals surface area (Å²) >= 11 is 0. The highest BCUT2D eigenvalue weighted by molar-refractivity contribution is 5.87. The second-order valence-corrected chi connectivity index (χ2v) is 8.58. The fraction of sp³-hybridized carbons (Fsp3) is 0.842. The summed E-state index contributed by atoms with van der Waals surface area (Å²) in [7, 11) is 0. The zero-order valence-corrected chi connectivity index (χ0v) is 16.0. The zero-order chi connectivity index (χ0) is 20.1. The summed E-state index contributed by atoms with van der Waals surface area (Å²) < 4.78 is 50.5. The average molecular weight is 378 g/mol. The van der Waals surface area contributed by atoms with Gasteiger partial charge in [0.05, 0.1) is 11.7 Å². The highest BCUT2D eigenvalue weighted by Gasteiger charge is 2.58. The molecule has 6 atom stereocenters. The minimum Gasteiger partial charge on any atom is -0.459 e. The SMILES string of the molecule is C=C(C)C(=O)OC1CC2CC1C(C(C)(C)OC(C)C(C)(O)C(F)(F)F)C2. The molecule has 2 aliphatic carbocycles. The lowest BCUT2D eigenvalue weighted by Gasteiger charge is -2.44. The fourth-order valence-electron chi connectivity index (χ4n) is 4.35. The maximum absolute atomic E-state index is 13.1. The molecule has 0 saturated heterocycles. The molecule has 26 heavy (non-hydrogen) atoms. The fourth-order valence-corrected chi connectivity index (χ4v) is 4.35. The quantitative estimate of drug-likeness (QED) is 0.560. The van der Waals surface area contributed by atoms with Gasteiger partial charge in [0.15, 0.2) is 5.60 Å². The Balaban J connectivity index is 2.09. The van der Waals surface area contributed by atoms with Crippen LogP contribution in [0.5, 0.6) is 0 Å². The van der Waals surface area contributed by atoms with E-state index < -0.39 is 29.5 Å². The van der Waals surface area contributed by atoms with E-state index in [4.69, 9.17) is 9.47 Å². The number of rotatable bonds is 6. The third-order valence-electron chi connectivity index (χ3n) is 6.10. The number of ether oxygens (including phenoxy) is 2. The van der Waals surface area contributed by atoms with Gasteiger partial charge in [0, 0.05) is 11.5 Å². The van der Waals surface area contributed by atoms with Crippen LogP contribution in [0, 0.1) is 17.8 Å². The summed E-state index contributed by atoms with van der Waals surface area (Å²) in [6, 6.07) is 0. The number of carbonyl (C=O) groups excluding carboxylic acids is 1. The van der Waals surface area contributed by atoms with Crippen LogP contribution < -0.4 is 0 Å². The summed E-state index contributed by atoms with van der Waals surface area (Å²) in [6.07, 6.45) is -4.00. The van der Waals surface area contributed by atoms with Gasteiger partial charge in [-0.3, -0.25) is 0 Å². The number of fused-ring (bicyclic) bond motifs is 2. The number of hydrogen-bond acceptors (Lipinski definition) is 4. The molecule has 0 heterocycles. The van der Waals surface area contributed by atoms with Gasteiger partial charge >= 0.3 is 12.1 Å². The molecule has 2 bridgehead atoms. The number of hydrogen-bond donors (Lipinski definition) is 1. The third kappa shape index (κ3) is 3.93. The molecule has 0 amide bonds. The molecule has 0 radical (unpaired) electrons. The van der Waals surface area contributed by atoms with Gasteiger partial charge in [-0.2, -0.15) is 13.2 Å². The Morgan fingerprint density at radius 3 is 2.23 bits per heavy atom. The molecule has 2 saturated carbocycles. The van der Waals surface area contributed by atoms with Crippen LogP contribution in [0.3, 0.4) is 0 Å². The van der Waals surface area contributed by atoms with E-state index in [9.17, 15) is 23.1 Å². The summed E-state index contributed by atoms with van der Waals surface area (Å²) in [4.78, 5) is 11.8. The van der Waals surface area contributed by atoms with Gasteiger partial charge in [-0.05, 0) is 65.7 Å². The molecule has 4 nitrogen and oxygen atoms in total. The van der Waals surface area contributed by atoms with Crippen molar-refractivity contribution in [3.05, 3.63) is 12.2 Å². The van der Waals surface area contributed by atoms with Gasteiger partial charge in [0.1, 0.15) is 6.10 Å². The molecule has 0 aromatic carbocycles. The first kappa shape index (κ1) is 21.2. The second kappa shape index (κ2) is 6.82. The average Bonchev–Trinajstić information content (AvgIpc) is 3.05. The normalized spacial score (nSPS) is 32.2. The Bertz CT molecular complexity index is 568. The number of aliphatic hydroxyl groups is 1. The molecular formula is C19H29F3O4. The summed E-state index contributed by atoms with van der Waals surface area (Å²) in [5.41, 5.74) is -3.49. The van der Waals surface area contributed by atoms with Crippen molar-refractivity contribution >= 4 is 5.97 Å². The Morgan fingerprint density at radius 2 is 1.77 bits per heavy atom. The molecule has 0 spiro atoms. The van der Waals surface area contributed by atoms with Crippen LogP contribution in [0.4, 0.5) is 13.2 Å². The molecule has 7 heteroatoms. The molecule has 2 aliphatic rings. The van der Waals surface area contributed by atoms with E-state index in [1.54, 1.807) is 20.8 Å². The van der Waals surface area contributed by atoms with Gasteiger partial charge in [0.25, 0.3) is 0 Å². The van der Waals surface area contributed by atoms with E-state index in [1.807, 2.05) is 0 Å². The Labute approximate surface area is 152 Å². The van der Waals surface area contributed by atoms with E-state index in [0.29, 0.717) is 11.5 Å². The van der Waals surface area contributed by atoms with E-state index in [1.165, 1.54) is 6.92 Å². The molecule has 2 fully saturated rings. The van der Waals surface area contributed by atoms with Gasteiger partial charge < -0.3 is 14.6 Å². The standard InChI is InChI=1S/C19H29F3O4/c1-10(2)16(23)25-15-9-12-7-13(15)14(8-12)17(4,5)26-11(3)18(6,24)19(20,21)22/h11-15,24H,1,7-9H2,2-6H3. The zero-order valence-electron chi connectivity index (χ0n) is 16.0. The maximum Gasteiger partial charge on any atom is 0.419 e. The Hall–Kier alpha value is -1.08. The largest absolute Gasteiger partial charge is 0.459 e. The molecule has 0 aromatic rings. The first-order valence-electron chi connectivity index (χ1n) is 9.00. The van der Waals surface area contributed by atoms with Gasteiger partial charge in [-0.25, -0.2) is 4.79 Å². The van der Waals surface area contributed by atoms with E-state index in [2.05, 4.69) is 6.58 Å². The van der Waals surface area contributed by atoms with Crippen molar-refractivity contribution in [1.82, 2.24) is 0 Å². The topological polar surface area (TPSA) is 55.8 Å². The number of halogens is 3. The lowest BCUT2D eigenvalue weighted by Crippen LogP contribution is -2.55. The molecule has 6 unspecified atom stereocenters. The molecular weight excluding hydrogens is 349 g/mol. The van der Waals surface area contributed by atoms with Crippen molar-refractivity contribution in [1.29, 1.82) is 0 Å². The molecule has 0 aromatic heterocycles. The lowest BCUT2D eigenvalue weighted by molar-refractivity contribution is -0.301. The van der Waals surface area contributed by atoms with Crippen LogP contribution >= 0.6 is 0 Å². The van der Waals surface area contributed by atoms with Gasteiger partial charge in [-0.15, -0.1) is 0 Å². The van der Waals surface area contributed by atoms with Crippen molar-refractivity contribution in [3.8, 4) is 0 Å². The highest BCUT2D eigenvalue weighted by Crippen LogP contribution is 2.54. The van der Waals surface area contributed by atoms with E-state index in [-0.39, 0.29) is 17.9 Å². The lowest BCUT2D eigenvalue weighted by atomic mass is 9.76. The van der Waals surface area contributed by atoms with Crippen molar-refractivity contribution in [3.63, 3.8) is 0 Å². The summed E-state index contributed by atoms with van der Waals surface area (Å²) in [6.45, 7) is 10.6. The van der Waals surface area contributed by atoms with Crippen molar-refractivity contribution in [2.24, 2.45) is 17.8 Å². The third-order valence-corrected chi connectivity index (χ3v) is 6.10. The molecule has 1 N–H and O–H groups in total. The maximum atomic E-state index is 13.1. The molecule has 150 valence electrons. The van der Waals surface area contributed by atoms with Crippen LogP contribution in [0.25, 0.3) is 0 Å². The highest BCUT2D eigenvalue weighted by atomic mass is 19.4. The predicted octanol–water partition coefficient (Wildman–Crippen LogP) is 4.02. The first-order chi connectivity index (χ1) is 11.7. The summed E-state index contributed by atoms with van der Waals surface area (Å²) in [5, 5.41) is 9.86. The van der Waals surface area contributed by atoms with Crippen molar-refractivity contribution in [2.75, 3.05) is 0 Å². The number of carbonyl (C=O) groups is 1. The monoisotopic (exact) mass is 378 g/mol. The van der Waals surface area contributed by atoms with Crippen molar-refractivity contribution in [2.45, 2.75) is 83.5 Å². The predicted molar refractivity (Wildman–Crippen MR) is 90.3 cm³/mol. The van der Waals surface area contributed by atoms with Crippen molar-refractivity contribution < 1.29 is 32.5 Å². The number of esters is 1. The second-order valence-electron chi connectivity index (χ2n) is 8.58. The van der Waals surface area contributed by atoms with Crippen LogP contribution in [0.2, 0.25) is 0 Å². The van der Waals surface area contributed by atoms with E-state index in [0.717, 1.165) is 26.2 Å². The van der Waals surface area contributed by atoms with Crippen LogP contribution in [-0.2, 0) is 14.3 Å². The minimum absolute atomic E-state index is 0.0429. The van der Waals surface area contributed by atoms with E-state index >= 15 is 0 Å². The summed E-state index contributed by atoms with van der Waals surface area (Å²) in [5.74, 6) is -0.0698. The van der Waals surface area contributed by atoms with Gasteiger partial charge in [0.2, 0.25) is 0 Å². The first-order valence-corrected chi connectivity index (χ1v) is 9.00. The Kier molecular flexibility index (Phi) is 5.57. The minimum atomic E-state index is -4.78. The Morgan fingerprint density at radius 1 is 1.19 bits per heavy atom. The molecule has 0 aliphatic heterocycles. The smallest absolute Gasteiger partial charge is 0.419 e. The van der Waals surface area contributed by atoms with Crippen LogP contribution in [0.1, 0.15) is 53.9 Å². The molecule has 2 rings (SSSR count). The number of alkyl halides is 3. The van der Waals surface area contributed by atoms with Crippen LogP contribution in [-0.4, -0.2) is 40.7 Å². The van der Waals surface area contributed by atoms with Crippen LogP contribution in [0.15, 0.2) is 12.2 Å². The van der Waals surface area contributed by atoms with Gasteiger partial charge in [-0.1, -0.05) is 6.58 Å².